The van der Waals surface area contributed by atoms with E-state index in [1.807, 2.05) is 0 Å². The molecule has 1 saturated carbocycles. The molecule has 4 amide bonds. The number of nitrogens with zero attached hydrogens (tertiary/aromatic N) is 5. The molecule has 3 heterocycles. The molecule has 3 aromatic carbocycles. The molecule has 3 aliphatic heterocycles. The normalized spacial score (nSPS) is 28.1. The Morgan fingerprint density at radius 3 is 2.16 bits per heavy atom. The van der Waals surface area contributed by atoms with Crippen LogP contribution in [0.5, 0.6) is 11.5 Å². The van der Waals surface area contributed by atoms with Gasteiger partial charge >= 0.3 is 11.4 Å². The van der Waals surface area contributed by atoms with Crippen LogP contribution in [0.3, 0.4) is 0 Å². The summed E-state index contributed by atoms with van der Waals surface area (Å²) in [4.78, 5) is 78.7. The highest BCUT2D eigenvalue weighted by molar-refractivity contribution is 6.58. The smallest absolute Gasteiger partial charge is 0.301 e. The molecule has 3 fully saturated rings. The molecule has 55 heavy (non-hydrogen) atoms. The topological polar surface area (TPSA) is 194 Å². The van der Waals surface area contributed by atoms with Crippen LogP contribution in [0, 0.1) is 49.7 Å². The van der Waals surface area contributed by atoms with Gasteiger partial charge in [0.15, 0.2) is 15.4 Å². The molecule has 0 spiro atoms. The van der Waals surface area contributed by atoms with Crippen LogP contribution in [0.4, 0.5) is 32.8 Å². The third-order valence-corrected chi connectivity index (χ3v) is 12.6. The number of ether oxygens (including phenoxy) is 1. The zero-order valence-corrected chi connectivity index (χ0v) is 30.3. The van der Waals surface area contributed by atoms with Gasteiger partial charge in [0.25, 0.3) is 11.8 Å². The number of imide groups is 2. The number of alkyl halides is 2. The van der Waals surface area contributed by atoms with E-state index in [0.29, 0.717) is 27.4 Å². The number of carbonyl (C=O) groups excluding carboxylic acids is 4. The second-order valence-electron chi connectivity index (χ2n) is 14.3. The van der Waals surface area contributed by atoms with Crippen molar-refractivity contribution in [2.45, 2.75) is 29.0 Å². The molecule has 2 saturated heterocycles. The Bertz CT molecular complexity index is 2330. The van der Waals surface area contributed by atoms with Gasteiger partial charge in [-0.05, 0) is 66.8 Å². The molecule has 282 valence electrons. The molecule has 18 heteroatoms. The Labute approximate surface area is 320 Å². The second-order valence-corrected chi connectivity index (χ2v) is 15.5. The fourth-order valence-electron chi connectivity index (χ4n) is 8.92. The number of hydrogen-bond acceptors (Lipinski definition) is 11. The summed E-state index contributed by atoms with van der Waals surface area (Å²) < 4.78 is 19.9. The number of fused-ring (bicyclic) bond motifs is 5. The third kappa shape index (κ3) is 5.00. The van der Waals surface area contributed by atoms with Crippen LogP contribution < -0.4 is 19.4 Å². The van der Waals surface area contributed by atoms with Gasteiger partial charge in [-0.25, -0.2) is 14.2 Å². The number of rotatable bonds is 6. The predicted octanol–water partition coefficient (Wildman–Crippen LogP) is 5.53. The maximum absolute atomic E-state index is 14.6. The Morgan fingerprint density at radius 2 is 1.55 bits per heavy atom. The van der Waals surface area contributed by atoms with E-state index in [1.165, 1.54) is 49.5 Å². The summed E-state index contributed by atoms with van der Waals surface area (Å²) in [7, 11) is 2.75. The molecule has 3 aromatic rings. The Kier molecular flexibility index (Phi) is 8.10. The fraction of sp³-hybridized carbons (Fsp3) is 0.297. The number of phenolic OH excluding ortho intramolecular Hbond substituents is 1. The number of hydrogen-bond donors (Lipinski definition) is 1. The summed E-state index contributed by atoms with van der Waals surface area (Å²) in [6, 6.07) is 10.9. The average Bonchev–Trinajstić information content (AvgIpc) is 3.48. The van der Waals surface area contributed by atoms with Crippen molar-refractivity contribution in [3.05, 3.63) is 110 Å². The maximum Gasteiger partial charge on any atom is 0.301 e. The highest BCUT2D eigenvalue weighted by Gasteiger charge is 2.77. The van der Waals surface area contributed by atoms with Gasteiger partial charge in [0.05, 0.1) is 39.3 Å². The molecule has 5 aliphatic rings. The van der Waals surface area contributed by atoms with E-state index in [9.17, 15) is 48.9 Å². The number of carbonyl (C=O) groups is 4. The molecule has 0 unspecified atom stereocenters. The molecule has 1 N–H and O–H groups in total. The summed E-state index contributed by atoms with van der Waals surface area (Å²) in [5, 5.41) is 34.6. The van der Waals surface area contributed by atoms with Crippen LogP contribution in [0.2, 0.25) is 0 Å². The van der Waals surface area contributed by atoms with Crippen LogP contribution in [-0.4, -0.2) is 62.4 Å². The Hall–Kier alpha value is -5.87. The Morgan fingerprint density at radius 1 is 0.891 bits per heavy atom. The number of amides is 4. The van der Waals surface area contributed by atoms with E-state index in [4.69, 9.17) is 27.9 Å². The van der Waals surface area contributed by atoms with Crippen molar-refractivity contribution in [3.63, 3.8) is 0 Å². The van der Waals surface area contributed by atoms with Gasteiger partial charge in [0, 0.05) is 44.1 Å². The number of phenols is 1. The molecule has 0 radical (unpaired) electrons. The van der Waals surface area contributed by atoms with Crippen molar-refractivity contribution in [1.29, 1.82) is 0 Å². The number of aromatic hydroxyl groups is 1. The van der Waals surface area contributed by atoms with E-state index in [-0.39, 0.29) is 35.7 Å². The minimum Gasteiger partial charge on any atom is -0.508 e. The van der Waals surface area contributed by atoms with Gasteiger partial charge in [0.2, 0.25) is 11.8 Å². The standard InChI is InChI=1S/C37H28Cl2FN5O10/c1-41(2)31-26(44(51)52)13-21(14-27(31)45(53)54)42-32(47)24-9-8-23-25(29(24)33(42)48)15-36(38)34(49)43(20-5-3-19(40)4-6-20)35(50)37(36,39)30(23)18-11-17-12-22(46)7-10-28(17)55-16-18/h3-8,10,12-14,16,24-25,29-30,46H,9,11,15H2,1-2H3/t24-,25+,29-,30-,36+,37-/m0/s1. The summed E-state index contributed by atoms with van der Waals surface area (Å²) >= 11 is 14.8. The quantitative estimate of drug-likeness (QED) is 0.108. The van der Waals surface area contributed by atoms with Crippen LogP contribution in [0.1, 0.15) is 18.4 Å². The largest absolute Gasteiger partial charge is 0.508 e. The van der Waals surface area contributed by atoms with E-state index in [2.05, 4.69) is 0 Å². The first kappa shape index (κ1) is 36.1. The molecular formula is C37H28Cl2FN5O10. The monoisotopic (exact) mass is 791 g/mol. The molecule has 0 aromatic heterocycles. The molecule has 8 rings (SSSR count). The number of nitro benzene ring substituents is 2. The van der Waals surface area contributed by atoms with Crippen molar-refractivity contribution in [1.82, 2.24) is 0 Å². The highest BCUT2D eigenvalue weighted by atomic mass is 35.5. The zero-order valence-electron chi connectivity index (χ0n) is 28.8. The van der Waals surface area contributed by atoms with E-state index >= 15 is 0 Å². The lowest BCUT2D eigenvalue weighted by molar-refractivity contribution is -0.392. The number of anilines is 3. The van der Waals surface area contributed by atoms with E-state index < -0.39 is 90.5 Å². The van der Waals surface area contributed by atoms with Crippen molar-refractivity contribution in [2.24, 2.45) is 23.7 Å². The molecular weight excluding hydrogens is 764 g/mol. The summed E-state index contributed by atoms with van der Waals surface area (Å²) in [6.07, 6.45) is 2.63. The maximum atomic E-state index is 14.6. The fourth-order valence-corrected chi connectivity index (χ4v) is 9.87. The summed E-state index contributed by atoms with van der Waals surface area (Å²) in [6.45, 7) is 0. The highest BCUT2D eigenvalue weighted by Crippen LogP contribution is 2.65. The van der Waals surface area contributed by atoms with Crippen molar-refractivity contribution in [2.75, 3.05) is 28.8 Å². The lowest BCUT2D eigenvalue weighted by Crippen LogP contribution is -2.61. The SMILES string of the molecule is CN(C)c1c([N+](=O)[O-])cc(N2C(=O)[C@H]3[C@H](CC=C4[C@H](C5=COc6ccc(O)cc6C5)[C@]5(Cl)C(=O)N(c6ccc(F)cc6)C(=O)[C@]5(Cl)C[C@H]43)C2=O)cc1[N+](=O)[O-]. The number of nitro groups is 2. The zero-order chi connectivity index (χ0) is 39.5. The van der Waals surface area contributed by atoms with Gasteiger partial charge in [-0.15, -0.1) is 23.2 Å². The van der Waals surface area contributed by atoms with E-state index in [0.717, 1.165) is 29.2 Å². The number of benzene rings is 3. The van der Waals surface area contributed by atoms with Crippen LogP contribution >= 0.6 is 23.2 Å². The minimum absolute atomic E-state index is 0.00812. The summed E-state index contributed by atoms with van der Waals surface area (Å²) in [5.41, 5.74) is -0.854. The molecule has 6 atom stereocenters. The van der Waals surface area contributed by atoms with Gasteiger partial charge in [-0.1, -0.05) is 11.6 Å². The molecule has 0 bridgehead atoms. The van der Waals surface area contributed by atoms with Crippen molar-refractivity contribution in [3.8, 4) is 11.5 Å². The third-order valence-electron chi connectivity index (χ3n) is 11.2. The average molecular weight is 793 g/mol. The predicted molar refractivity (Wildman–Crippen MR) is 194 cm³/mol. The van der Waals surface area contributed by atoms with Crippen LogP contribution in [0.15, 0.2) is 78.1 Å². The van der Waals surface area contributed by atoms with E-state index in [1.54, 1.807) is 12.1 Å². The van der Waals surface area contributed by atoms with Crippen LogP contribution in [-0.2, 0) is 25.6 Å². The first-order chi connectivity index (χ1) is 26.0. The van der Waals surface area contributed by atoms with Crippen LogP contribution in [0.25, 0.3) is 0 Å². The number of allylic oxidation sites excluding steroid dienone is 3. The first-order valence-electron chi connectivity index (χ1n) is 16.9. The first-order valence-corrected chi connectivity index (χ1v) is 17.7. The van der Waals surface area contributed by atoms with Gasteiger partial charge < -0.3 is 14.7 Å². The lowest BCUT2D eigenvalue weighted by atomic mass is 9.56. The lowest BCUT2D eigenvalue weighted by Gasteiger charge is -2.51. The molecule has 2 aliphatic carbocycles. The van der Waals surface area contributed by atoms with Crippen molar-refractivity contribution < 1.29 is 43.3 Å². The van der Waals surface area contributed by atoms with Gasteiger partial charge in [-0.3, -0.25) is 39.4 Å². The Balaban J connectivity index is 1.27. The van der Waals surface area contributed by atoms with Gasteiger partial charge in [-0.2, -0.15) is 0 Å². The van der Waals surface area contributed by atoms with Crippen molar-refractivity contribution >= 4 is 75.3 Å². The summed E-state index contributed by atoms with van der Waals surface area (Å²) in [5.74, 6) is -8.31. The number of halogens is 3. The molecule has 15 nitrogen and oxygen atoms in total. The second kappa shape index (κ2) is 12.3. The minimum atomic E-state index is -2.25. The van der Waals surface area contributed by atoms with Gasteiger partial charge in [0.1, 0.15) is 17.3 Å².